The zero-order chi connectivity index (χ0) is 16.9. The van der Waals surface area contributed by atoms with Gasteiger partial charge in [-0.3, -0.25) is 4.79 Å². The van der Waals surface area contributed by atoms with Gasteiger partial charge in [-0.25, -0.2) is 13.2 Å². The van der Waals surface area contributed by atoms with Crippen LogP contribution in [0.3, 0.4) is 0 Å². The number of Topliss-reactive ketones (excluding diaryl/α,β-unsaturated/α-hetero) is 1. The normalized spacial score (nSPS) is 12.5. The van der Waals surface area contributed by atoms with Crippen molar-refractivity contribution < 1.29 is 18.0 Å². The van der Waals surface area contributed by atoms with E-state index in [2.05, 4.69) is 5.32 Å². The van der Waals surface area contributed by atoms with Crippen molar-refractivity contribution in [1.82, 2.24) is 4.90 Å². The third kappa shape index (κ3) is 5.48. The molecule has 0 aliphatic rings. The SMILES string of the molecule is CCN(C(=O)Nc1cccc(C(C)=O)c1)[C@H](C)CS(C)(=O)=O. The fraction of sp³-hybridized carbons (Fsp3) is 0.467. The van der Waals surface area contributed by atoms with Gasteiger partial charge in [0.1, 0.15) is 9.84 Å². The molecule has 22 heavy (non-hydrogen) atoms. The largest absolute Gasteiger partial charge is 0.322 e. The van der Waals surface area contributed by atoms with Gasteiger partial charge >= 0.3 is 6.03 Å². The molecule has 0 saturated heterocycles. The maximum atomic E-state index is 12.3. The molecular formula is C15H22N2O4S. The van der Waals surface area contributed by atoms with Gasteiger partial charge in [-0.1, -0.05) is 12.1 Å². The minimum absolute atomic E-state index is 0.0890. The monoisotopic (exact) mass is 326 g/mol. The number of nitrogens with one attached hydrogen (secondary N) is 1. The Hall–Kier alpha value is -1.89. The number of hydrogen-bond acceptors (Lipinski definition) is 4. The lowest BCUT2D eigenvalue weighted by molar-refractivity contribution is 0.101. The molecule has 1 rings (SSSR count). The van der Waals surface area contributed by atoms with Crippen molar-refractivity contribution in [3.63, 3.8) is 0 Å². The van der Waals surface area contributed by atoms with Gasteiger partial charge < -0.3 is 10.2 Å². The zero-order valence-electron chi connectivity index (χ0n) is 13.3. The molecular weight excluding hydrogens is 304 g/mol. The van der Waals surface area contributed by atoms with Gasteiger partial charge in [0.2, 0.25) is 0 Å². The smallest absolute Gasteiger partial charge is 0.321 e. The molecule has 7 heteroatoms. The summed E-state index contributed by atoms with van der Waals surface area (Å²) >= 11 is 0. The Morgan fingerprint density at radius 1 is 1.32 bits per heavy atom. The molecule has 0 aliphatic heterocycles. The first-order valence-corrected chi connectivity index (χ1v) is 9.06. The fourth-order valence-electron chi connectivity index (χ4n) is 2.19. The van der Waals surface area contributed by atoms with Crippen LogP contribution in [-0.4, -0.2) is 49.7 Å². The molecule has 0 unspecified atom stereocenters. The highest BCUT2D eigenvalue weighted by atomic mass is 32.2. The molecule has 2 amide bonds. The van der Waals surface area contributed by atoms with Gasteiger partial charge in [0.05, 0.1) is 5.75 Å². The second-order valence-electron chi connectivity index (χ2n) is 5.29. The summed E-state index contributed by atoms with van der Waals surface area (Å²) in [6, 6.07) is 5.80. The molecule has 0 heterocycles. The first-order chi connectivity index (χ1) is 10.1. The van der Waals surface area contributed by atoms with E-state index in [9.17, 15) is 18.0 Å². The number of rotatable bonds is 6. The van der Waals surface area contributed by atoms with Gasteiger partial charge in [0.25, 0.3) is 0 Å². The summed E-state index contributed by atoms with van der Waals surface area (Å²) in [6.07, 6.45) is 1.14. The number of ketones is 1. The molecule has 1 aromatic rings. The van der Waals surface area contributed by atoms with Crippen molar-refractivity contribution in [3.8, 4) is 0 Å². The average Bonchev–Trinajstić information content (AvgIpc) is 2.37. The van der Waals surface area contributed by atoms with E-state index >= 15 is 0 Å². The van der Waals surface area contributed by atoms with Crippen molar-refractivity contribution in [2.45, 2.75) is 26.8 Å². The van der Waals surface area contributed by atoms with E-state index in [0.29, 0.717) is 17.8 Å². The molecule has 0 aliphatic carbocycles. The Morgan fingerprint density at radius 3 is 2.45 bits per heavy atom. The summed E-state index contributed by atoms with van der Waals surface area (Å²) in [5.74, 6) is -0.184. The van der Waals surface area contributed by atoms with Gasteiger partial charge in [0, 0.05) is 30.1 Å². The summed E-state index contributed by atoms with van der Waals surface area (Å²) in [7, 11) is -3.17. The summed E-state index contributed by atoms with van der Waals surface area (Å²) in [5, 5.41) is 2.69. The van der Waals surface area contributed by atoms with E-state index in [1.165, 1.54) is 11.8 Å². The molecule has 0 fully saturated rings. The van der Waals surface area contributed by atoms with Crippen LogP contribution in [0.1, 0.15) is 31.1 Å². The molecule has 0 spiro atoms. The van der Waals surface area contributed by atoms with Crippen molar-refractivity contribution in [2.24, 2.45) is 0 Å². The molecule has 6 nitrogen and oxygen atoms in total. The lowest BCUT2D eigenvalue weighted by Gasteiger charge is -2.27. The standard InChI is InChI=1S/C15H22N2O4S/c1-5-17(11(2)10-22(4,20)21)15(19)16-14-8-6-7-13(9-14)12(3)18/h6-9,11H,5,10H2,1-4H3,(H,16,19)/t11-/m1/s1. The summed E-state index contributed by atoms with van der Waals surface area (Å²) in [4.78, 5) is 25.1. The minimum atomic E-state index is -3.17. The van der Waals surface area contributed by atoms with Gasteiger partial charge in [0.15, 0.2) is 5.78 Å². The first-order valence-electron chi connectivity index (χ1n) is 7.00. The fourth-order valence-corrected chi connectivity index (χ4v) is 3.25. The van der Waals surface area contributed by atoms with Crippen LogP contribution >= 0.6 is 0 Å². The second kappa shape index (κ2) is 7.40. The summed E-state index contributed by atoms with van der Waals surface area (Å²) < 4.78 is 22.7. The van der Waals surface area contributed by atoms with E-state index in [0.717, 1.165) is 6.26 Å². The summed E-state index contributed by atoms with van der Waals surface area (Å²) in [5.41, 5.74) is 1.01. The third-order valence-corrected chi connectivity index (χ3v) is 4.29. The van der Waals surface area contributed by atoms with E-state index < -0.39 is 15.9 Å². The minimum Gasteiger partial charge on any atom is -0.321 e. The average molecular weight is 326 g/mol. The van der Waals surface area contributed by atoms with Crippen LogP contribution in [0, 0.1) is 0 Å². The van der Waals surface area contributed by atoms with E-state index in [-0.39, 0.29) is 17.6 Å². The number of amides is 2. The molecule has 0 aromatic heterocycles. The Morgan fingerprint density at radius 2 is 1.95 bits per heavy atom. The van der Waals surface area contributed by atoms with Crippen molar-refractivity contribution in [2.75, 3.05) is 23.9 Å². The van der Waals surface area contributed by atoms with Crippen LogP contribution in [-0.2, 0) is 9.84 Å². The number of carbonyl (C=O) groups is 2. The Bertz CT molecular complexity index is 655. The summed E-state index contributed by atoms with van der Waals surface area (Å²) in [6.45, 7) is 5.31. The van der Waals surface area contributed by atoms with Crippen LogP contribution in [0.5, 0.6) is 0 Å². The van der Waals surface area contributed by atoms with Crippen molar-refractivity contribution in [3.05, 3.63) is 29.8 Å². The first kappa shape index (κ1) is 18.2. The number of anilines is 1. The number of hydrogen-bond donors (Lipinski definition) is 1. The van der Waals surface area contributed by atoms with Gasteiger partial charge in [-0.2, -0.15) is 0 Å². The lowest BCUT2D eigenvalue weighted by Crippen LogP contribution is -2.44. The molecule has 1 aromatic carbocycles. The van der Waals surface area contributed by atoms with Crippen LogP contribution < -0.4 is 5.32 Å². The van der Waals surface area contributed by atoms with Gasteiger partial charge in [-0.15, -0.1) is 0 Å². The number of nitrogens with zero attached hydrogens (tertiary/aromatic N) is 1. The molecule has 0 saturated carbocycles. The van der Waals surface area contributed by atoms with Crippen LogP contribution in [0.4, 0.5) is 10.5 Å². The van der Waals surface area contributed by atoms with E-state index in [4.69, 9.17) is 0 Å². The predicted octanol–water partition coefficient (Wildman–Crippen LogP) is 2.18. The van der Waals surface area contributed by atoms with Crippen LogP contribution in [0.25, 0.3) is 0 Å². The number of urea groups is 1. The Kier molecular flexibility index (Phi) is 6.11. The highest BCUT2D eigenvalue weighted by molar-refractivity contribution is 7.90. The van der Waals surface area contributed by atoms with Crippen molar-refractivity contribution in [1.29, 1.82) is 0 Å². The molecule has 0 radical (unpaired) electrons. The quantitative estimate of drug-likeness (QED) is 0.812. The molecule has 0 bridgehead atoms. The molecule has 1 N–H and O–H groups in total. The Labute approximate surface area is 131 Å². The van der Waals surface area contributed by atoms with Gasteiger partial charge in [-0.05, 0) is 32.9 Å². The molecule has 1 atom stereocenters. The maximum Gasteiger partial charge on any atom is 0.322 e. The van der Waals surface area contributed by atoms with E-state index in [1.54, 1.807) is 38.1 Å². The number of sulfone groups is 1. The molecule has 122 valence electrons. The van der Waals surface area contributed by atoms with Crippen molar-refractivity contribution >= 4 is 27.3 Å². The topological polar surface area (TPSA) is 83.6 Å². The third-order valence-electron chi connectivity index (χ3n) is 3.20. The Balaban J connectivity index is 2.85. The number of benzene rings is 1. The predicted molar refractivity (Wildman–Crippen MR) is 87.0 cm³/mol. The zero-order valence-corrected chi connectivity index (χ0v) is 14.1. The highest BCUT2D eigenvalue weighted by Gasteiger charge is 2.22. The van der Waals surface area contributed by atoms with E-state index in [1.807, 2.05) is 0 Å². The van der Waals surface area contributed by atoms with Crippen LogP contribution in [0.2, 0.25) is 0 Å². The maximum absolute atomic E-state index is 12.3. The highest BCUT2D eigenvalue weighted by Crippen LogP contribution is 2.13. The van der Waals surface area contributed by atoms with Crippen LogP contribution in [0.15, 0.2) is 24.3 Å². The number of carbonyl (C=O) groups excluding carboxylic acids is 2. The lowest BCUT2D eigenvalue weighted by atomic mass is 10.1. The second-order valence-corrected chi connectivity index (χ2v) is 7.48.